The topological polar surface area (TPSA) is 97.9 Å². The minimum atomic E-state index is -0.361. The smallest absolute Gasteiger partial charge is 0.269 e. The molecule has 0 spiro atoms. The van der Waals surface area contributed by atoms with Crippen molar-refractivity contribution in [2.24, 2.45) is 0 Å². The van der Waals surface area contributed by atoms with E-state index in [9.17, 15) is 9.59 Å². The average molecular weight is 379 g/mol. The number of carbonyl (C=O) groups is 1. The minimum Gasteiger partial charge on any atom is -0.370 e. The maximum absolute atomic E-state index is 12.5. The maximum Gasteiger partial charge on any atom is 0.269 e. The molecule has 3 aromatic heterocycles. The Labute approximate surface area is 161 Å². The van der Waals surface area contributed by atoms with Crippen LogP contribution in [0, 0.1) is 6.92 Å². The molecule has 0 saturated carbocycles. The zero-order valence-corrected chi connectivity index (χ0v) is 15.6. The Bertz CT molecular complexity index is 1040. The second kappa shape index (κ2) is 7.63. The minimum absolute atomic E-state index is 0.175. The van der Waals surface area contributed by atoms with Crippen molar-refractivity contribution in [2.45, 2.75) is 26.3 Å². The molecule has 0 unspecified atom stereocenters. The van der Waals surface area contributed by atoms with Crippen LogP contribution in [0.1, 0.15) is 18.5 Å². The standard InChI is InChI=1S/C19H21N7O2/c1-14-10-17(26(23-14)16-6-2-3-7-20-16)22-18(27)13-25-19(28)11-15(12-21-25)24-8-4-5-9-24/h2-3,6-7,10-12H,4-5,8-9,13H2,1H3,(H,22,27). The Morgan fingerprint density at radius 3 is 2.75 bits per heavy atom. The molecule has 144 valence electrons. The lowest BCUT2D eigenvalue weighted by atomic mass is 10.4. The molecule has 0 bridgehead atoms. The van der Waals surface area contributed by atoms with Gasteiger partial charge in [0.2, 0.25) is 5.91 Å². The van der Waals surface area contributed by atoms with Gasteiger partial charge < -0.3 is 10.2 Å². The Morgan fingerprint density at radius 2 is 2.04 bits per heavy atom. The van der Waals surface area contributed by atoms with Gasteiger partial charge in [0, 0.05) is 31.4 Å². The predicted molar refractivity (Wildman–Crippen MR) is 105 cm³/mol. The zero-order valence-electron chi connectivity index (χ0n) is 15.6. The predicted octanol–water partition coefficient (Wildman–Crippen LogP) is 1.37. The van der Waals surface area contributed by atoms with Crippen molar-refractivity contribution in [1.82, 2.24) is 24.5 Å². The summed E-state index contributed by atoms with van der Waals surface area (Å²) in [5.41, 5.74) is 1.25. The quantitative estimate of drug-likeness (QED) is 0.719. The summed E-state index contributed by atoms with van der Waals surface area (Å²) in [4.78, 5) is 31.2. The van der Waals surface area contributed by atoms with Crippen LogP contribution < -0.4 is 15.8 Å². The molecule has 0 radical (unpaired) electrons. The van der Waals surface area contributed by atoms with Crippen LogP contribution in [0.15, 0.2) is 47.5 Å². The van der Waals surface area contributed by atoms with E-state index in [0.29, 0.717) is 11.6 Å². The van der Waals surface area contributed by atoms with Gasteiger partial charge in [-0.25, -0.2) is 9.67 Å². The first-order chi connectivity index (χ1) is 13.6. The number of nitrogens with one attached hydrogen (secondary N) is 1. The first-order valence-corrected chi connectivity index (χ1v) is 9.20. The third kappa shape index (κ3) is 3.78. The summed E-state index contributed by atoms with van der Waals surface area (Å²) in [6.45, 7) is 3.52. The van der Waals surface area contributed by atoms with Crippen LogP contribution in [0.25, 0.3) is 5.82 Å². The lowest BCUT2D eigenvalue weighted by Gasteiger charge is -2.17. The molecule has 1 amide bonds. The average Bonchev–Trinajstić information content (AvgIpc) is 3.34. The summed E-state index contributed by atoms with van der Waals surface area (Å²) in [7, 11) is 0. The number of hydrogen-bond acceptors (Lipinski definition) is 6. The number of aryl methyl sites for hydroxylation is 1. The van der Waals surface area contributed by atoms with Crippen molar-refractivity contribution in [1.29, 1.82) is 0 Å². The molecule has 1 fully saturated rings. The Morgan fingerprint density at radius 1 is 1.21 bits per heavy atom. The van der Waals surface area contributed by atoms with Gasteiger partial charge in [0.25, 0.3) is 5.56 Å². The molecular formula is C19H21N7O2. The molecule has 1 saturated heterocycles. The van der Waals surface area contributed by atoms with E-state index in [1.165, 1.54) is 6.07 Å². The Balaban J connectivity index is 1.49. The number of carbonyl (C=O) groups excluding carboxylic acids is 1. The van der Waals surface area contributed by atoms with E-state index in [-0.39, 0.29) is 18.0 Å². The highest BCUT2D eigenvalue weighted by atomic mass is 16.2. The molecule has 0 aliphatic carbocycles. The van der Waals surface area contributed by atoms with E-state index < -0.39 is 0 Å². The van der Waals surface area contributed by atoms with Crippen molar-refractivity contribution in [2.75, 3.05) is 23.3 Å². The van der Waals surface area contributed by atoms with Crippen molar-refractivity contribution < 1.29 is 4.79 Å². The van der Waals surface area contributed by atoms with Gasteiger partial charge in [0.1, 0.15) is 12.4 Å². The summed E-state index contributed by atoms with van der Waals surface area (Å²) in [6.07, 6.45) is 5.54. The molecular weight excluding hydrogens is 358 g/mol. The van der Waals surface area contributed by atoms with Crippen LogP contribution in [0.4, 0.5) is 11.5 Å². The lowest BCUT2D eigenvalue weighted by Crippen LogP contribution is -2.31. The second-order valence-electron chi connectivity index (χ2n) is 6.72. The summed E-state index contributed by atoms with van der Waals surface area (Å²) >= 11 is 0. The maximum atomic E-state index is 12.5. The molecule has 1 aliphatic heterocycles. The van der Waals surface area contributed by atoms with Gasteiger partial charge in [0.15, 0.2) is 5.82 Å². The van der Waals surface area contributed by atoms with Gasteiger partial charge in [-0.05, 0) is 31.9 Å². The van der Waals surface area contributed by atoms with E-state index in [4.69, 9.17) is 0 Å². The van der Waals surface area contributed by atoms with E-state index in [1.54, 1.807) is 29.2 Å². The summed E-state index contributed by atoms with van der Waals surface area (Å²) in [6, 6.07) is 8.73. The number of amides is 1. The number of nitrogens with zero attached hydrogens (tertiary/aromatic N) is 6. The number of aromatic nitrogens is 5. The van der Waals surface area contributed by atoms with E-state index >= 15 is 0 Å². The summed E-state index contributed by atoms with van der Waals surface area (Å²) in [5.74, 6) is 0.722. The SMILES string of the molecule is Cc1cc(NC(=O)Cn2ncc(N3CCCC3)cc2=O)n(-c2ccccn2)n1. The van der Waals surface area contributed by atoms with Gasteiger partial charge >= 0.3 is 0 Å². The highest BCUT2D eigenvalue weighted by Crippen LogP contribution is 2.17. The Hall–Kier alpha value is -3.49. The van der Waals surface area contributed by atoms with Crippen LogP contribution in [0.3, 0.4) is 0 Å². The highest BCUT2D eigenvalue weighted by Gasteiger charge is 2.16. The Kier molecular flexibility index (Phi) is 4.88. The molecule has 28 heavy (non-hydrogen) atoms. The first-order valence-electron chi connectivity index (χ1n) is 9.20. The van der Waals surface area contributed by atoms with Gasteiger partial charge in [-0.1, -0.05) is 6.07 Å². The molecule has 4 rings (SSSR count). The molecule has 0 aromatic carbocycles. The van der Waals surface area contributed by atoms with Gasteiger partial charge in [-0.2, -0.15) is 14.9 Å². The normalized spacial score (nSPS) is 13.7. The van der Waals surface area contributed by atoms with Gasteiger partial charge in [-0.3, -0.25) is 9.59 Å². The number of pyridine rings is 1. The fourth-order valence-electron chi connectivity index (χ4n) is 3.25. The highest BCUT2D eigenvalue weighted by molar-refractivity contribution is 5.90. The molecule has 9 nitrogen and oxygen atoms in total. The number of hydrogen-bond donors (Lipinski definition) is 1. The van der Waals surface area contributed by atoms with Crippen LogP contribution >= 0.6 is 0 Å². The van der Waals surface area contributed by atoms with Gasteiger partial charge in [-0.15, -0.1) is 0 Å². The van der Waals surface area contributed by atoms with Crippen LogP contribution in [0.5, 0.6) is 0 Å². The first kappa shape index (κ1) is 17.9. The molecule has 0 atom stereocenters. The molecule has 4 heterocycles. The molecule has 3 aromatic rings. The molecule has 9 heteroatoms. The third-order valence-corrected chi connectivity index (χ3v) is 4.59. The number of rotatable bonds is 5. The molecule has 1 N–H and O–H groups in total. The second-order valence-corrected chi connectivity index (χ2v) is 6.72. The van der Waals surface area contributed by atoms with Crippen LogP contribution in [-0.4, -0.2) is 43.5 Å². The van der Waals surface area contributed by atoms with E-state index in [2.05, 4.69) is 25.4 Å². The largest absolute Gasteiger partial charge is 0.370 e. The van der Waals surface area contributed by atoms with Crippen molar-refractivity contribution in [3.63, 3.8) is 0 Å². The van der Waals surface area contributed by atoms with E-state index in [0.717, 1.165) is 42.0 Å². The fraction of sp³-hybridized carbons (Fsp3) is 0.316. The molecule has 1 aliphatic rings. The zero-order chi connectivity index (χ0) is 19.5. The van der Waals surface area contributed by atoms with Crippen LogP contribution in [-0.2, 0) is 11.3 Å². The summed E-state index contributed by atoms with van der Waals surface area (Å²) < 4.78 is 2.71. The number of anilines is 2. The monoisotopic (exact) mass is 379 g/mol. The van der Waals surface area contributed by atoms with Crippen LogP contribution in [0.2, 0.25) is 0 Å². The van der Waals surface area contributed by atoms with Crippen molar-refractivity contribution in [3.05, 3.63) is 58.8 Å². The van der Waals surface area contributed by atoms with Crippen molar-refractivity contribution >= 4 is 17.4 Å². The fourth-order valence-corrected chi connectivity index (χ4v) is 3.25. The van der Waals surface area contributed by atoms with Gasteiger partial charge in [0.05, 0.1) is 17.6 Å². The van der Waals surface area contributed by atoms with Crippen molar-refractivity contribution in [3.8, 4) is 5.82 Å². The van der Waals surface area contributed by atoms with E-state index in [1.807, 2.05) is 19.1 Å². The lowest BCUT2D eigenvalue weighted by molar-refractivity contribution is -0.117. The third-order valence-electron chi connectivity index (χ3n) is 4.59. The summed E-state index contributed by atoms with van der Waals surface area (Å²) in [5, 5.41) is 11.3.